The number of aliphatic hydroxyl groups is 3. The van der Waals surface area contributed by atoms with Crippen molar-refractivity contribution in [3.05, 3.63) is 60.0 Å². The van der Waals surface area contributed by atoms with Gasteiger partial charge in [0.05, 0.1) is 18.8 Å². The molecule has 32 heavy (non-hydrogen) atoms. The molecule has 0 bridgehead atoms. The van der Waals surface area contributed by atoms with Gasteiger partial charge in [-0.25, -0.2) is 0 Å². The Balaban J connectivity index is 1.53. The molecule has 0 radical (unpaired) electrons. The summed E-state index contributed by atoms with van der Waals surface area (Å²) in [6, 6.07) is 15.0. The Kier molecular flexibility index (Phi) is 6.61. The van der Waals surface area contributed by atoms with Crippen LogP contribution in [-0.2, 0) is 16.0 Å². The average molecular weight is 439 g/mol. The van der Waals surface area contributed by atoms with E-state index in [0.29, 0.717) is 11.5 Å². The molecule has 4 N–H and O–H groups in total. The number of hydrogen-bond donors (Lipinski definition) is 4. The predicted molar refractivity (Wildman–Crippen MR) is 114 cm³/mol. The summed E-state index contributed by atoms with van der Waals surface area (Å²) in [6.07, 6.45) is -3.07. The second-order valence-corrected chi connectivity index (χ2v) is 7.71. The van der Waals surface area contributed by atoms with Crippen molar-refractivity contribution in [3.63, 3.8) is 0 Å². The number of amides is 1. The first-order valence-corrected chi connectivity index (χ1v) is 10.3. The van der Waals surface area contributed by atoms with Gasteiger partial charge in [0.2, 0.25) is 17.7 Å². The highest BCUT2D eigenvalue weighted by Gasteiger charge is 2.37. The molecule has 4 atom stereocenters. The van der Waals surface area contributed by atoms with Crippen molar-refractivity contribution in [2.75, 3.05) is 13.7 Å². The van der Waals surface area contributed by atoms with E-state index in [9.17, 15) is 20.1 Å². The van der Waals surface area contributed by atoms with Crippen molar-refractivity contribution in [1.82, 2.24) is 15.5 Å². The molecule has 9 heteroatoms. The smallest absolute Gasteiger partial charge is 0.247 e. The lowest BCUT2D eigenvalue weighted by Crippen LogP contribution is -2.44. The van der Waals surface area contributed by atoms with Gasteiger partial charge in [-0.15, -0.1) is 10.2 Å². The van der Waals surface area contributed by atoms with Gasteiger partial charge < -0.3 is 29.8 Å². The van der Waals surface area contributed by atoms with E-state index in [1.54, 1.807) is 7.05 Å². The summed E-state index contributed by atoms with van der Waals surface area (Å²) in [5.41, 5.74) is 3.26. The molecule has 4 unspecified atom stereocenters. The molecule has 0 spiro atoms. The summed E-state index contributed by atoms with van der Waals surface area (Å²) in [6.45, 7) is -0.220. The SMILES string of the molecule is CNC(=O)Cc1nnc(-c2ccc(-c3cccc(C4OC(CO)CC(O)C4O)c3)cc2)o1. The Morgan fingerprint density at radius 3 is 2.56 bits per heavy atom. The van der Waals surface area contributed by atoms with Gasteiger partial charge in [-0.2, -0.15) is 0 Å². The van der Waals surface area contributed by atoms with Crippen LogP contribution in [0.15, 0.2) is 52.9 Å². The van der Waals surface area contributed by atoms with Crippen LogP contribution in [0.1, 0.15) is 24.0 Å². The van der Waals surface area contributed by atoms with E-state index in [2.05, 4.69) is 15.5 Å². The number of aliphatic hydroxyl groups excluding tert-OH is 3. The number of hydrogen-bond acceptors (Lipinski definition) is 8. The fourth-order valence-electron chi connectivity index (χ4n) is 3.72. The van der Waals surface area contributed by atoms with E-state index in [1.165, 1.54) is 0 Å². The van der Waals surface area contributed by atoms with Crippen LogP contribution in [0.2, 0.25) is 0 Å². The Labute approximate surface area is 184 Å². The topological polar surface area (TPSA) is 138 Å². The molecule has 1 amide bonds. The van der Waals surface area contributed by atoms with E-state index in [4.69, 9.17) is 9.15 Å². The number of rotatable bonds is 6. The van der Waals surface area contributed by atoms with Crippen molar-refractivity contribution in [1.29, 1.82) is 0 Å². The third kappa shape index (κ3) is 4.71. The van der Waals surface area contributed by atoms with Crippen LogP contribution < -0.4 is 5.32 Å². The number of aromatic nitrogens is 2. The zero-order chi connectivity index (χ0) is 22.7. The molecule has 1 aliphatic heterocycles. The Morgan fingerprint density at radius 2 is 1.84 bits per heavy atom. The number of nitrogens with one attached hydrogen (secondary N) is 1. The molecule has 1 fully saturated rings. The maximum atomic E-state index is 11.5. The molecular weight excluding hydrogens is 414 g/mol. The maximum Gasteiger partial charge on any atom is 0.247 e. The minimum absolute atomic E-state index is 0.0231. The van der Waals surface area contributed by atoms with E-state index in [-0.39, 0.29) is 31.2 Å². The molecule has 1 aliphatic rings. The predicted octanol–water partition coefficient (Wildman–Crippen LogP) is 1.24. The molecule has 3 aromatic rings. The van der Waals surface area contributed by atoms with Gasteiger partial charge in [0.25, 0.3) is 0 Å². The van der Waals surface area contributed by atoms with Crippen LogP contribution in [-0.4, -0.2) is 63.4 Å². The third-order valence-electron chi connectivity index (χ3n) is 5.49. The molecule has 2 aromatic carbocycles. The van der Waals surface area contributed by atoms with E-state index < -0.39 is 24.4 Å². The van der Waals surface area contributed by atoms with Crippen LogP contribution in [0.4, 0.5) is 0 Å². The maximum absolute atomic E-state index is 11.5. The first kappa shape index (κ1) is 22.1. The highest BCUT2D eigenvalue weighted by molar-refractivity contribution is 5.77. The summed E-state index contributed by atoms with van der Waals surface area (Å²) in [5, 5.41) is 40.3. The zero-order valence-corrected chi connectivity index (χ0v) is 17.5. The number of ether oxygens (including phenoxy) is 1. The fraction of sp³-hybridized carbons (Fsp3) is 0.348. The molecule has 1 saturated heterocycles. The highest BCUT2D eigenvalue weighted by Crippen LogP contribution is 2.34. The Morgan fingerprint density at radius 1 is 1.09 bits per heavy atom. The average Bonchev–Trinajstić information content (AvgIpc) is 3.29. The van der Waals surface area contributed by atoms with Gasteiger partial charge in [-0.05, 0) is 34.9 Å². The van der Waals surface area contributed by atoms with Crippen molar-refractivity contribution < 1.29 is 29.3 Å². The Bertz CT molecular complexity index is 1070. The minimum Gasteiger partial charge on any atom is -0.420 e. The van der Waals surface area contributed by atoms with E-state index >= 15 is 0 Å². The number of nitrogens with zero attached hydrogens (tertiary/aromatic N) is 2. The lowest BCUT2D eigenvalue weighted by atomic mass is 9.91. The number of carbonyl (C=O) groups excluding carboxylic acids is 1. The lowest BCUT2D eigenvalue weighted by molar-refractivity contribution is -0.179. The van der Waals surface area contributed by atoms with Gasteiger partial charge in [-0.1, -0.05) is 30.3 Å². The van der Waals surface area contributed by atoms with Crippen molar-refractivity contribution >= 4 is 5.91 Å². The second-order valence-electron chi connectivity index (χ2n) is 7.71. The van der Waals surface area contributed by atoms with Crippen LogP contribution in [0, 0.1) is 0 Å². The monoisotopic (exact) mass is 439 g/mol. The summed E-state index contributed by atoms with van der Waals surface area (Å²) in [5.74, 6) is 0.359. The molecule has 1 aromatic heterocycles. The minimum atomic E-state index is -1.07. The molecule has 0 saturated carbocycles. The molecule has 0 aliphatic carbocycles. The molecule has 4 rings (SSSR count). The third-order valence-corrected chi connectivity index (χ3v) is 5.49. The van der Waals surface area contributed by atoms with Gasteiger partial charge in [0.15, 0.2) is 0 Å². The van der Waals surface area contributed by atoms with Crippen LogP contribution >= 0.6 is 0 Å². The second kappa shape index (κ2) is 9.58. The van der Waals surface area contributed by atoms with Crippen molar-refractivity contribution in [3.8, 4) is 22.6 Å². The quantitative estimate of drug-likeness (QED) is 0.450. The van der Waals surface area contributed by atoms with Gasteiger partial charge in [0, 0.05) is 19.0 Å². The van der Waals surface area contributed by atoms with E-state index in [0.717, 1.165) is 16.7 Å². The normalized spacial score (nSPS) is 23.1. The van der Waals surface area contributed by atoms with Crippen LogP contribution in [0.3, 0.4) is 0 Å². The molecule has 2 heterocycles. The number of likely N-dealkylation sites (N-methyl/N-ethyl adjacent to an activating group) is 1. The first-order chi connectivity index (χ1) is 15.5. The largest absolute Gasteiger partial charge is 0.420 e. The standard InChI is InChI=1S/C23H25N3O6/c1-24-19(29)11-20-25-26-23(32-20)14-7-5-13(6-8-14)15-3-2-4-16(9-15)22-21(30)18(28)10-17(12-27)31-22/h2-9,17-18,21-22,27-28,30H,10-12H2,1H3,(H,24,29). The van der Waals surface area contributed by atoms with Crippen LogP contribution in [0.5, 0.6) is 0 Å². The summed E-state index contributed by atoms with van der Waals surface area (Å²) < 4.78 is 11.4. The first-order valence-electron chi connectivity index (χ1n) is 10.3. The molecule has 168 valence electrons. The van der Waals surface area contributed by atoms with Crippen molar-refractivity contribution in [2.24, 2.45) is 0 Å². The lowest BCUT2D eigenvalue weighted by Gasteiger charge is -2.37. The highest BCUT2D eigenvalue weighted by atomic mass is 16.5. The molecular formula is C23H25N3O6. The van der Waals surface area contributed by atoms with Gasteiger partial charge >= 0.3 is 0 Å². The Hall–Kier alpha value is -3.11. The van der Waals surface area contributed by atoms with Gasteiger partial charge in [-0.3, -0.25) is 4.79 Å². The van der Waals surface area contributed by atoms with Crippen molar-refractivity contribution in [2.45, 2.75) is 37.3 Å². The van der Waals surface area contributed by atoms with Gasteiger partial charge in [0.1, 0.15) is 18.6 Å². The fourth-order valence-corrected chi connectivity index (χ4v) is 3.72. The summed E-state index contributed by atoms with van der Waals surface area (Å²) >= 11 is 0. The summed E-state index contributed by atoms with van der Waals surface area (Å²) in [7, 11) is 1.54. The molecule has 9 nitrogen and oxygen atoms in total. The van der Waals surface area contributed by atoms with Crippen LogP contribution in [0.25, 0.3) is 22.6 Å². The summed E-state index contributed by atoms with van der Waals surface area (Å²) in [4.78, 5) is 11.5. The number of carbonyl (C=O) groups is 1. The number of benzene rings is 2. The zero-order valence-electron chi connectivity index (χ0n) is 17.5. The van der Waals surface area contributed by atoms with E-state index in [1.807, 2.05) is 48.5 Å².